The predicted molar refractivity (Wildman–Crippen MR) is 137 cm³/mol. The Morgan fingerprint density at radius 3 is 2.24 bits per heavy atom. The summed E-state index contributed by atoms with van der Waals surface area (Å²) in [7, 11) is 3.57. The Bertz CT molecular complexity index is 1230. The molecule has 174 valence electrons. The zero-order chi connectivity index (χ0) is 24.1. The van der Waals surface area contributed by atoms with Crippen molar-refractivity contribution in [2.24, 2.45) is 0 Å². The largest absolute Gasteiger partial charge is 0.348 e. The van der Waals surface area contributed by atoms with Crippen molar-refractivity contribution >= 4 is 17.7 Å². The van der Waals surface area contributed by atoms with Gasteiger partial charge in [-0.25, -0.2) is 0 Å². The number of pyridine rings is 1. The SMILES string of the molecule is CCc1cccc(CC)c1-n1c(SC(C(=O)N(C)C)c2ccccc2)nnc1-c1cccnc1. The minimum atomic E-state index is -0.445. The molecule has 2 aromatic carbocycles. The predicted octanol–water partition coefficient (Wildman–Crippen LogP) is 5.38. The van der Waals surface area contributed by atoms with Crippen molar-refractivity contribution in [1.29, 1.82) is 0 Å². The average molecular weight is 472 g/mol. The molecule has 7 heteroatoms. The first kappa shape index (κ1) is 23.7. The molecule has 1 unspecified atom stereocenters. The number of amides is 1. The smallest absolute Gasteiger partial charge is 0.240 e. The molecule has 0 aliphatic heterocycles. The highest BCUT2D eigenvalue weighted by atomic mass is 32.2. The number of aromatic nitrogens is 4. The molecule has 0 saturated heterocycles. The number of carbonyl (C=O) groups excluding carboxylic acids is 1. The van der Waals surface area contributed by atoms with Gasteiger partial charge < -0.3 is 4.90 Å². The molecule has 0 radical (unpaired) electrons. The van der Waals surface area contributed by atoms with Gasteiger partial charge in [-0.15, -0.1) is 10.2 Å². The number of hydrogen-bond acceptors (Lipinski definition) is 5. The van der Waals surface area contributed by atoms with Gasteiger partial charge in [0.05, 0.1) is 5.69 Å². The third-order valence-corrected chi connectivity index (χ3v) is 6.92. The Morgan fingerprint density at radius 1 is 0.941 bits per heavy atom. The lowest BCUT2D eigenvalue weighted by atomic mass is 10.0. The van der Waals surface area contributed by atoms with E-state index in [-0.39, 0.29) is 5.91 Å². The van der Waals surface area contributed by atoms with E-state index in [0.29, 0.717) is 5.16 Å². The first-order chi connectivity index (χ1) is 16.5. The van der Waals surface area contributed by atoms with Crippen molar-refractivity contribution in [3.8, 4) is 17.1 Å². The highest BCUT2D eigenvalue weighted by Gasteiger charge is 2.28. The summed E-state index contributed by atoms with van der Waals surface area (Å²) in [4.78, 5) is 19.2. The van der Waals surface area contributed by atoms with Gasteiger partial charge in [0, 0.05) is 32.1 Å². The molecule has 4 rings (SSSR count). The Labute approximate surface area is 205 Å². The third kappa shape index (κ3) is 4.75. The van der Waals surface area contributed by atoms with Crippen molar-refractivity contribution in [2.75, 3.05) is 14.1 Å². The number of nitrogens with zero attached hydrogens (tertiary/aromatic N) is 5. The molecule has 0 aliphatic carbocycles. The van der Waals surface area contributed by atoms with Crippen LogP contribution < -0.4 is 0 Å². The summed E-state index contributed by atoms with van der Waals surface area (Å²) in [6.07, 6.45) is 5.29. The van der Waals surface area contributed by atoms with Crippen molar-refractivity contribution in [1.82, 2.24) is 24.6 Å². The van der Waals surface area contributed by atoms with Crippen LogP contribution in [-0.2, 0) is 17.6 Å². The summed E-state index contributed by atoms with van der Waals surface area (Å²) in [5, 5.41) is 9.43. The number of para-hydroxylation sites is 1. The van der Waals surface area contributed by atoms with Crippen LogP contribution in [0, 0.1) is 0 Å². The Balaban J connectivity index is 1.93. The molecule has 0 N–H and O–H groups in total. The summed E-state index contributed by atoms with van der Waals surface area (Å²) in [6.45, 7) is 4.31. The highest BCUT2D eigenvalue weighted by Crippen LogP contribution is 2.39. The molecular weight excluding hydrogens is 442 g/mol. The Kier molecular flexibility index (Phi) is 7.43. The fourth-order valence-electron chi connectivity index (χ4n) is 3.96. The van der Waals surface area contributed by atoms with Gasteiger partial charge in [-0.05, 0) is 41.7 Å². The Hall–Kier alpha value is -3.45. The van der Waals surface area contributed by atoms with E-state index in [1.807, 2.05) is 42.5 Å². The molecule has 0 fully saturated rings. The number of thioether (sulfide) groups is 1. The van der Waals surface area contributed by atoms with Crippen LogP contribution in [0.1, 0.15) is 35.8 Å². The second-order valence-corrected chi connectivity index (χ2v) is 9.23. The first-order valence-corrected chi connectivity index (χ1v) is 12.3. The van der Waals surface area contributed by atoms with Crippen LogP contribution in [0.25, 0.3) is 17.1 Å². The lowest BCUT2D eigenvalue weighted by Crippen LogP contribution is -2.27. The number of benzene rings is 2. The van der Waals surface area contributed by atoms with Gasteiger partial charge in [0.15, 0.2) is 11.0 Å². The number of rotatable bonds is 8. The van der Waals surface area contributed by atoms with E-state index in [0.717, 1.165) is 35.5 Å². The van der Waals surface area contributed by atoms with Crippen LogP contribution in [-0.4, -0.2) is 44.7 Å². The van der Waals surface area contributed by atoms with Crippen LogP contribution in [0.15, 0.2) is 78.2 Å². The van der Waals surface area contributed by atoms with Gasteiger partial charge in [-0.2, -0.15) is 0 Å². The molecule has 0 spiro atoms. The maximum atomic E-state index is 13.3. The topological polar surface area (TPSA) is 63.9 Å². The number of aryl methyl sites for hydroxylation is 2. The molecule has 4 aromatic rings. The lowest BCUT2D eigenvalue weighted by Gasteiger charge is -2.22. The van der Waals surface area contributed by atoms with Gasteiger partial charge in [-0.3, -0.25) is 14.3 Å². The summed E-state index contributed by atoms with van der Waals surface area (Å²) in [5.74, 6) is 0.725. The van der Waals surface area contributed by atoms with Gasteiger partial charge in [-0.1, -0.05) is 74.1 Å². The first-order valence-electron chi connectivity index (χ1n) is 11.4. The zero-order valence-electron chi connectivity index (χ0n) is 20.0. The molecule has 34 heavy (non-hydrogen) atoms. The molecule has 6 nitrogen and oxygen atoms in total. The standard InChI is InChI=1S/C27H29N5OS/c1-5-19-14-10-15-20(6-2)23(19)32-25(22-16-11-17-28-18-22)29-30-27(32)34-24(26(33)31(3)4)21-12-8-7-9-13-21/h7-18,24H,5-6H2,1-4H3. The van der Waals surface area contributed by atoms with E-state index >= 15 is 0 Å². The fraction of sp³-hybridized carbons (Fsp3) is 0.259. The van der Waals surface area contributed by atoms with Crippen LogP contribution >= 0.6 is 11.8 Å². The molecule has 0 saturated carbocycles. The van der Waals surface area contributed by atoms with Crippen molar-refractivity contribution in [2.45, 2.75) is 37.1 Å². The minimum Gasteiger partial charge on any atom is -0.348 e. The maximum Gasteiger partial charge on any atom is 0.240 e. The summed E-state index contributed by atoms with van der Waals surface area (Å²) >= 11 is 1.43. The lowest BCUT2D eigenvalue weighted by molar-refractivity contribution is -0.128. The van der Waals surface area contributed by atoms with Crippen LogP contribution in [0.2, 0.25) is 0 Å². The second kappa shape index (κ2) is 10.7. The highest BCUT2D eigenvalue weighted by molar-refractivity contribution is 8.00. The van der Waals surface area contributed by atoms with E-state index in [9.17, 15) is 4.79 Å². The van der Waals surface area contributed by atoms with Crippen molar-refractivity contribution < 1.29 is 4.79 Å². The fourth-order valence-corrected chi connectivity index (χ4v) is 5.15. The number of hydrogen-bond donors (Lipinski definition) is 0. The van der Waals surface area contributed by atoms with Gasteiger partial charge in [0.1, 0.15) is 5.25 Å². The summed E-state index contributed by atoms with van der Waals surface area (Å²) < 4.78 is 2.11. The van der Waals surface area contributed by atoms with E-state index in [1.165, 1.54) is 22.9 Å². The maximum absolute atomic E-state index is 13.3. The van der Waals surface area contributed by atoms with E-state index < -0.39 is 5.25 Å². The third-order valence-electron chi connectivity index (χ3n) is 5.73. The molecule has 1 atom stereocenters. The van der Waals surface area contributed by atoms with E-state index in [1.54, 1.807) is 31.4 Å². The molecular formula is C27H29N5OS. The summed E-state index contributed by atoms with van der Waals surface area (Å²) in [5.41, 5.74) is 5.32. The normalized spacial score (nSPS) is 11.9. The molecule has 1 amide bonds. The van der Waals surface area contributed by atoms with Gasteiger partial charge >= 0.3 is 0 Å². The minimum absolute atomic E-state index is 0.00756. The number of carbonyl (C=O) groups is 1. The Morgan fingerprint density at radius 2 is 1.65 bits per heavy atom. The van der Waals surface area contributed by atoms with E-state index in [4.69, 9.17) is 0 Å². The number of likely N-dealkylation sites (N-methyl/N-ethyl adjacent to an activating group) is 1. The molecule has 2 aromatic heterocycles. The van der Waals surface area contributed by atoms with Crippen LogP contribution in [0.3, 0.4) is 0 Å². The average Bonchev–Trinajstić information content (AvgIpc) is 3.30. The monoisotopic (exact) mass is 471 g/mol. The van der Waals surface area contributed by atoms with Crippen molar-refractivity contribution in [3.05, 3.63) is 89.7 Å². The molecule has 2 heterocycles. The van der Waals surface area contributed by atoms with Crippen LogP contribution in [0.4, 0.5) is 0 Å². The quantitative estimate of drug-likeness (QED) is 0.323. The summed E-state index contributed by atoms with van der Waals surface area (Å²) in [6, 6.07) is 20.1. The van der Waals surface area contributed by atoms with Gasteiger partial charge in [0.25, 0.3) is 0 Å². The second-order valence-electron chi connectivity index (χ2n) is 8.16. The van der Waals surface area contributed by atoms with E-state index in [2.05, 4.69) is 51.8 Å². The van der Waals surface area contributed by atoms with Crippen molar-refractivity contribution in [3.63, 3.8) is 0 Å². The van der Waals surface area contributed by atoms with Crippen LogP contribution in [0.5, 0.6) is 0 Å². The molecule has 0 aliphatic rings. The van der Waals surface area contributed by atoms with Gasteiger partial charge in [0.2, 0.25) is 5.91 Å². The molecule has 0 bridgehead atoms. The zero-order valence-corrected chi connectivity index (χ0v) is 20.8.